The van der Waals surface area contributed by atoms with Crippen molar-refractivity contribution in [3.63, 3.8) is 0 Å². The van der Waals surface area contributed by atoms with Gasteiger partial charge >= 0.3 is 0 Å². The number of benzene rings is 2. The molecule has 0 spiro atoms. The van der Waals surface area contributed by atoms with Crippen molar-refractivity contribution in [1.29, 1.82) is 0 Å². The molecular weight excluding hydrogens is 374 g/mol. The summed E-state index contributed by atoms with van der Waals surface area (Å²) in [5.41, 5.74) is 4.99. The van der Waals surface area contributed by atoms with Gasteiger partial charge in [0.1, 0.15) is 12.1 Å². The number of nitrogens with one attached hydrogen (secondary N) is 1. The molecule has 1 amide bonds. The summed E-state index contributed by atoms with van der Waals surface area (Å²) in [6, 6.07) is 20.1. The van der Waals surface area contributed by atoms with Crippen molar-refractivity contribution in [2.45, 2.75) is 33.5 Å². The second-order valence-corrected chi connectivity index (χ2v) is 7.75. The molecule has 0 aliphatic rings. The molecule has 4 aromatic rings. The smallest absolute Gasteiger partial charge is 0.275 e. The van der Waals surface area contributed by atoms with Crippen LogP contribution in [0.2, 0.25) is 0 Å². The molecule has 2 aromatic carbocycles. The SMILES string of the molecule is Cc1ccc(CNC(=O)Cn2ccc3ccn(Cc4cccc(C)c4)c3c2=O)cc1. The Kier molecular flexibility index (Phi) is 5.53. The molecule has 0 unspecified atom stereocenters. The van der Waals surface area contributed by atoms with Gasteiger partial charge in [-0.2, -0.15) is 0 Å². The van der Waals surface area contributed by atoms with E-state index in [-0.39, 0.29) is 18.0 Å². The summed E-state index contributed by atoms with van der Waals surface area (Å²) in [6.07, 6.45) is 3.61. The summed E-state index contributed by atoms with van der Waals surface area (Å²) in [5.74, 6) is -0.186. The number of nitrogens with zero attached hydrogens (tertiary/aromatic N) is 2. The summed E-state index contributed by atoms with van der Waals surface area (Å²) in [5, 5.41) is 3.77. The van der Waals surface area contributed by atoms with Crippen molar-refractivity contribution in [2.75, 3.05) is 0 Å². The van der Waals surface area contributed by atoms with Gasteiger partial charge in [0.2, 0.25) is 5.91 Å². The lowest BCUT2D eigenvalue weighted by atomic mass is 10.1. The van der Waals surface area contributed by atoms with Crippen molar-refractivity contribution in [1.82, 2.24) is 14.5 Å². The number of carbonyl (C=O) groups excluding carboxylic acids is 1. The molecule has 0 atom stereocenters. The zero-order valence-electron chi connectivity index (χ0n) is 17.3. The minimum Gasteiger partial charge on any atom is -0.350 e. The largest absolute Gasteiger partial charge is 0.350 e. The molecule has 30 heavy (non-hydrogen) atoms. The normalized spacial score (nSPS) is 11.0. The molecule has 0 saturated carbocycles. The molecule has 0 fully saturated rings. The van der Waals surface area contributed by atoms with Crippen LogP contribution in [0.1, 0.15) is 22.3 Å². The first-order chi connectivity index (χ1) is 14.5. The average molecular weight is 399 g/mol. The molecule has 0 saturated heterocycles. The Morgan fingerprint density at radius 3 is 2.33 bits per heavy atom. The summed E-state index contributed by atoms with van der Waals surface area (Å²) in [7, 11) is 0. The van der Waals surface area contributed by atoms with Crippen LogP contribution >= 0.6 is 0 Å². The van der Waals surface area contributed by atoms with Crippen LogP contribution in [0, 0.1) is 13.8 Å². The number of hydrogen-bond donors (Lipinski definition) is 1. The summed E-state index contributed by atoms with van der Waals surface area (Å²) in [4.78, 5) is 25.5. The molecule has 0 aliphatic heterocycles. The first kappa shape index (κ1) is 19.7. The van der Waals surface area contributed by atoms with Crippen LogP contribution in [-0.2, 0) is 24.4 Å². The first-order valence-electron chi connectivity index (χ1n) is 10.1. The maximum absolute atomic E-state index is 13.1. The van der Waals surface area contributed by atoms with Crippen molar-refractivity contribution < 1.29 is 4.79 Å². The van der Waals surface area contributed by atoms with Crippen molar-refractivity contribution >= 4 is 16.8 Å². The monoisotopic (exact) mass is 399 g/mol. The average Bonchev–Trinajstić information content (AvgIpc) is 3.13. The van der Waals surface area contributed by atoms with Gasteiger partial charge in [0, 0.05) is 30.9 Å². The van der Waals surface area contributed by atoms with E-state index < -0.39 is 0 Å². The van der Waals surface area contributed by atoms with Gasteiger partial charge in [0.15, 0.2) is 0 Å². The van der Waals surface area contributed by atoms with Gasteiger partial charge in [-0.05, 0) is 37.1 Å². The van der Waals surface area contributed by atoms with Gasteiger partial charge in [-0.15, -0.1) is 0 Å². The van der Waals surface area contributed by atoms with E-state index in [9.17, 15) is 9.59 Å². The summed E-state index contributed by atoms with van der Waals surface area (Å²) >= 11 is 0. The quantitative estimate of drug-likeness (QED) is 0.536. The number of carbonyl (C=O) groups is 1. The van der Waals surface area contributed by atoms with E-state index in [1.54, 1.807) is 6.20 Å². The zero-order chi connectivity index (χ0) is 21.1. The van der Waals surface area contributed by atoms with Crippen LogP contribution in [0.4, 0.5) is 0 Å². The molecule has 152 valence electrons. The molecule has 5 nitrogen and oxygen atoms in total. The van der Waals surface area contributed by atoms with Crippen LogP contribution in [0.25, 0.3) is 10.9 Å². The van der Waals surface area contributed by atoms with Gasteiger partial charge in [0.05, 0.1) is 0 Å². The Bertz CT molecular complexity index is 1250. The lowest BCUT2D eigenvalue weighted by molar-refractivity contribution is -0.121. The zero-order valence-corrected chi connectivity index (χ0v) is 17.3. The van der Waals surface area contributed by atoms with Crippen molar-refractivity contribution in [3.8, 4) is 0 Å². The van der Waals surface area contributed by atoms with E-state index in [4.69, 9.17) is 0 Å². The number of fused-ring (bicyclic) bond motifs is 1. The lowest BCUT2D eigenvalue weighted by Gasteiger charge is -2.10. The Hall–Kier alpha value is -3.60. The third-order valence-corrected chi connectivity index (χ3v) is 5.25. The molecule has 2 aromatic heterocycles. The number of pyridine rings is 1. The first-order valence-corrected chi connectivity index (χ1v) is 10.1. The van der Waals surface area contributed by atoms with Crippen molar-refractivity contribution in [2.24, 2.45) is 0 Å². The van der Waals surface area contributed by atoms with E-state index in [1.807, 2.05) is 60.2 Å². The molecule has 0 aliphatic carbocycles. The summed E-state index contributed by atoms with van der Waals surface area (Å²) < 4.78 is 3.42. The number of hydrogen-bond acceptors (Lipinski definition) is 2. The van der Waals surface area contributed by atoms with Gasteiger partial charge < -0.3 is 14.5 Å². The second kappa shape index (κ2) is 8.41. The lowest BCUT2D eigenvalue weighted by Crippen LogP contribution is -2.32. The highest BCUT2D eigenvalue weighted by molar-refractivity contribution is 5.80. The van der Waals surface area contributed by atoms with Crippen LogP contribution in [0.15, 0.2) is 77.9 Å². The van der Waals surface area contributed by atoms with Gasteiger partial charge in [-0.1, -0.05) is 59.7 Å². The number of amides is 1. The molecular formula is C25H25N3O2. The molecule has 0 bridgehead atoms. The highest BCUT2D eigenvalue weighted by Gasteiger charge is 2.11. The van der Waals surface area contributed by atoms with Gasteiger partial charge in [0.25, 0.3) is 5.56 Å². The predicted molar refractivity (Wildman–Crippen MR) is 120 cm³/mol. The highest BCUT2D eigenvalue weighted by Crippen LogP contribution is 2.14. The highest BCUT2D eigenvalue weighted by atomic mass is 16.2. The fraction of sp³-hybridized carbons (Fsp3) is 0.200. The topological polar surface area (TPSA) is 56.0 Å². The van der Waals surface area contributed by atoms with Crippen LogP contribution < -0.4 is 10.9 Å². The van der Waals surface area contributed by atoms with E-state index in [0.29, 0.717) is 18.6 Å². The molecule has 4 rings (SSSR count). The number of aromatic nitrogens is 2. The fourth-order valence-electron chi connectivity index (χ4n) is 3.63. The second-order valence-electron chi connectivity index (χ2n) is 7.75. The Morgan fingerprint density at radius 2 is 1.60 bits per heavy atom. The van der Waals surface area contributed by atoms with E-state index in [2.05, 4.69) is 30.4 Å². The van der Waals surface area contributed by atoms with Crippen LogP contribution in [0.3, 0.4) is 0 Å². The minimum atomic E-state index is -0.186. The Balaban J connectivity index is 1.51. The third kappa shape index (κ3) is 4.35. The molecule has 1 N–H and O–H groups in total. The van der Waals surface area contributed by atoms with Crippen LogP contribution in [0.5, 0.6) is 0 Å². The number of rotatable bonds is 6. The maximum atomic E-state index is 13.1. The molecule has 5 heteroatoms. The standard InChI is InChI=1S/C25H25N3O2/c1-18-6-8-20(9-7-18)15-26-23(29)17-28-13-11-22-10-12-27(24(22)25(28)30)16-21-5-3-4-19(2)14-21/h3-14H,15-17H2,1-2H3,(H,26,29). The van der Waals surface area contributed by atoms with Crippen molar-refractivity contribution in [3.05, 3.63) is 106 Å². The molecule has 2 heterocycles. The van der Waals surface area contributed by atoms with E-state index >= 15 is 0 Å². The Labute approximate surface area is 175 Å². The maximum Gasteiger partial charge on any atom is 0.275 e. The molecule has 0 radical (unpaired) electrons. The van der Waals surface area contributed by atoms with Gasteiger partial charge in [-0.25, -0.2) is 0 Å². The number of aryl methyl sites for hydroxylation is 2. The van der Waals surface area contributed by atoms with E-state index in [0.717, 1.165) is 16.5 Å². The van der Waals surface area contributed by atoms with E-state index in [1.165, 1.54) is 15.7 Å². The predicted octanol–water partition coefficient (Wildman–Crippen LogP) is 3.78. The van der Waals surface area contributed by atoms with Gasteiger partial charge in [-0.3, -0.25) is 9.59 Å². The summed E-state index contributed by atoms with van der Waals surface area (Å²) in [6.45, 7) is 5.14. The van der Waals surface area contributed by atoms with Crippen LogP contribution in [-0.4, -0.2) is 15.0 Å². The minimum absolute atomic E-state index is 0.00371. The fourth-order valence-corrected chi connectivity index (χ4v) is 3.63. The Morgan fingerprint density at radius 1 is 0.867 bits per heavy atom. The third-order valence-electron chi connectivity index (χ3n) is 5.25.